The molecule has 3 rings (SSSR count). The minimum Gasteiger partial charge on any atom is -0.436 e. The van der Waals surface area contributed by atoms with Crippen LogP contribution in [0.5, 0.6) is 0 Å². The predicted molar refractivity (Wildman–Crippen MR) is 77.0 cm³/mol. The lowest BCUT2D eigenvalue weighted by Gasteiger charge is -2.32. The van der Waals surface area contributed by atoms with E-state index in [1.165, 1.54) is 17.0 Å². The summed E-state index contributed by atoms with van der Waals surface area (Å²) < 4.78 is 5.60. The minimum atomic E-state index is -0.586. The molecule has 1 saturated carbocycles. The molecule has 1 spiro atoms. The topological polar surface area (TPSA) is 72.7 Å². The zero-order valence-electron chi connectivity index (χ0n) is 11.6. The highest BCUT2D eigenvalue weighted by molar-refractivity contribution is 5.95. The lowest BCUT2D eigenvalue weighted by Crippen LogP contribution is -2.34. The first-order valence-corrected chi connectivity index (χ1v) is 7.00. The number of nitro benzene ring substituents is 1. The normalized spacial score (nSPS) is 20.7. The van der Waals surface area contributed by atoms with Gasteiger partial charge in [-0.15, -0.1) is 0 Å². The minimum absolute atomic E-state index is 0.00990. The van der Waals surface area contributed by atoms with Crippen molar-refractivity contribution in [2.75, 3.05) is 4.90 Å². The Bertz CT molecular complexity index is 603. The lowest BCUT2D eigenvalue weighted by atomic mass is 9.83. The van der Waals surface area contributed by atoms with Gasteiger partial charge in [-0.1, -0.05) is 13.0 Å². The second-order valence-corrected chi connectivity index (χ2v) is 5.48. The van der Waals surface area contributed by atoms with Gasteiger partial charge in [-0.3, -0.25) is 10.1 Å². The third-order valence-corrected chi connectivity index (χ3v) is 4.24. The van der Waals surface area contributed by atoms with Crippen LogP contribution >= 0.6 is 0 Å². The molecule has 6 heteroatoms. The third kappa shape index (κ3) is 2.16. The van der Waals surface area contributed by atoms with Gasteiger partial charge in [0.05, 0.1) is 16.3 Å². The van der Waals surface area contributed by atoms with Crippen LogP contribution in [-0.4, -0.2) is 16.6 Å². The molecule has 6 nitrogen and oxygen atoms in total. The quantitative estimate of drug-likeness (QED) is 0.613. The second kappa shape index (κ2) is 4.87. The van der Waals surface area contributed by atoms with Crippen molar-refractivity contribution in [1.29, 1.82) is 0 Å². The van der Waals surface area contributed by atoms with E-state index in [2.05, 4.69) is 6.58 Å². The molecule has 0 N–H and O–H groups in total. The molecule has 2 fully saturated rings. The molecule has 1 amide bonds. The van der Waals surface area contributed by atoms with E-state index in [0.29, 0.717) is 11.4 Å². The van der Waals surface area contributed by atoms with Crippen LogP contribution in [0, 0.1) is 10.1 Å². The van der Waals surface area contributed by atoms with Gasteiger partial charge in [-0.25, -0.2) is 9.69 Å². The summed E-state index contributed by atoms with van der Waals surface area (Å²) in [5.41, 5.74) is 0.598. The summed E-state index contributed by atoms with van der Waals surface area (Å²) in [7, 11) is 0. The van der Waals surface area contributed by atoms with Gasteiger partial charge >= 0.3 is 6.09 Å². The monoisotopic (exact) mass is 288 g/mol. The maximum absolute atomic E-state index is 12.2. The number of nitrogens with zero attached hydrogens (tertiary/aromatic N) is 2. The number of carbonyl (C=O) groups is 1. The standard InChI is InChI=1S/C15H16N2O4/c1-11-15(9-3-2-4-10-15)21-14(18)16(11)12-5-7-13(8-6-12)17(19)20/h5-8H,1-4,9-10H2. The molecule has 1 aromatic rings. The summed E-state index contributed by atoms with van der Waals surface area (Å²) in [4.78, 5) is 23.8. The van der Waals surface area contributed by atoms with Gasteiger partial charge in [0.1, 0.15) is 0 Å². The van der Waals surface area contributed by atoms with Gasteiger partial charge < -0.3 is 4.74 Å². The highest BCUT2D eigenvalue weighted by Crippen LogP contribution is 2.45. The second-order valence-electron chi connectivity index (χ2n) is 5.48. The van der Waals surface area contributed by atoms with E-state index in [9.17, 15) is 14.9 Å². The Morgan fingerprint density at radius 1 is 1.19 bits per heavy atom. The number of carbonyl (C=O) groups excluding carboxylic acids is 1. The number of non-ortho nitro benzene ring substituents is 1. The van der Waals surface area contributed by atoms with Crippen molar-refractivity contribution in [2.45, 2.75) is 37.7 Å². The summed E-state index contributed by atoms with van der Waals surface area (Å²) in [5, 5.41) is 10.7. The van der Waals surface area contributed by atoms with E-state index < -0.39 is 16.6 Å². The smallest absolute Gasteiger partial charge is 0.419 e. The van der Waals surface area contributed by atoms with Crippen LogP contribution < -0.4 is 4.90 Å². The Hall–Kier alpha value is -2.37. The van der Waals surface area contributed by atoms with Gasteiger partial charge in [0, 0.05) is 12.1 Å². The first kappa shape index (κ1) is 13.6. The average Bonchev–Trinajstić information content (AvgIpc) is 2.71. The molecule has 1 aromatic carbocycles. The molecule has 2 aliphatic rings. The summed E-state index contributed by atoms with van der Waals surface area (Å²) in [5.74, 6) is 0. The van der Waals surface area contributed by atoms with Crippen LogP contribution in [0.4, 0.5) is 16.2 Å². The summed E-state index contributed by atoms with van der Waals surface area (Å²) in [6.07, 6.45) is 4.31. The first-order valence-electron chi connectivity index (χ1n) is 7.00. The van der Waals surface area contributed by atoms with Crippen molar-refractivity contribution in [3.05, 3.63) is 46.7 Å². The Morgan fingerprint density at radius 3 is 2.38 bits per heavy atom. The van der Waals surface area contributed by atoms with Crippen LogP contribution in [0.3, 0.4) is 0 Å². The molecule has 1 aliphatic heterocycles. The number of amides is 1. The van der Waals surface area contributed by atoms with E-state index in [1.54, 1.807) is 12.1 Å². The van der Waals surface area contributed by atoms with Crippen LogP contribution in [0.2, 0.25) is 0 Å². The van der Waals surface area contributed by atoms with Crippen molar-refractivity contribution in [2.24, 2.45) is 0 Å². The fourth-order valence-corrected chi connectivity index (χ4v) is 3.08. The zero-order valence-corrected chi connectivity index (χ0v) is 11.6. The van der Waals surface area contributed by atoms with Gasteiger partial charge in [0.25, 0.3) is 5.69 Å². The summed E-state index contributed by atoms with van der Waals surface area (Å²) >= 11 is 0. The van der Waals surface area contributed by atoms with E-state index in [-0.39, 0.29) is 5.69 Å². The molecule has 1 heterocycles. The number of hydrogen-bond donors (Lipinski definition) is 0. The highest BCUT2D eigenvalue weighted by Gasteiger charge is 2.49. The van der Waals surface area contributed by atoms with Crippen molar-refractivity contribution in [3.8, 4) is 0 Å². The molecule has 1 saturated heterocycles. The van der Waals surface area contributed by atoms with Crippen molar-refractivity contribution in [3.63, 3.8) is 0 Å². The number of ether oxygens (including phenoxy) is 1. The van der Waals surface area contributed by atoms with E-state index >= 15 is 0 Å². The zero-order chi connectivity index (χ0) is 15.0. The number of rotatable bonds is 2. The molecule has 0 aromatic heterocycles. The number of anilines is 1. The third-order valence-electron chi connectivity index (χ3n) is 4.24. The largest absolute Gasteiger partial charge is 0.436 e. The van der Waals surface area contributed by atoms with Crippen molar-refractivity contribution < 1.29 is 14.5 Å². The average molecular weight is 288 g/mol. The summed E-state index contributed by atoms with van der Waals surface area (Å²) in [6.45, 7) is 4.04. The van der Waals surface area contributed by atoms with Gasteiger partial charge in [0.2, 0.25) is 0 Å². The van der Waals surface area contributed by atoms with Crippen LogP contribution in [0.15, 0.2) is 36.5 Å². The van der Waals surface area contributed by atoms with Crippen molar-refractivity contribution in [1.82, 2.24) is 0 Å². The molecule has 0 atom stereocenters. The molecule has 0 unspecified atom stereocenters. The number of hydrogen-bond acceptors (Lipinski definition) is 4. The fraction of sp³-hybridized carbons (Fsp3) is 0.400. The van der Waals surface area contributed by atoms with E-state index in [1.807, 2.05) is 0 Å². The van der Waals surface area contributed by atoms with Crippen LogP contribution in [-0.2, 0) is 4.74 Å². The van der Waals surface area contributed by atoms with E-state index in [0.717, 1.165) is 32.1 Å². The van der Waals surface area contributed by atoms with Gasteiger partial charge in [-0.2, -0.15) is 0 Å². The summed E-state index contributed by atoms with van der Waals surface area (Å²) in [6, 6.07) is 5.85. The Labute approximate surface area is 122 Å². The Balaban J connectivity index is 1.90. The van der Waals surface area contributed by atoms with E-state index in [4.69, 9.17) is 4.74 Å². The number of nitro groups is 1. The SMILES string of the molecule is C=C1N(c2ccc([N+](=O)[O-])cc2)C(=O)OC12CCCCC2. The molecule has 21 heavy (non-hydrogen) atoms. The van der Waals surface area contributed by atoms with Gasteiger partial charge in [-0.05, 0) is 37.8 Å². The Kier molecular flexibility index (Phi) is 3.16. The van der Waals surface area contributed by atoms with Crippen molar-refractivity contribution >= 4 is 17.5 Å². The maximum atomic E-state index is 12.2. The van der Waals surface area contributed by atoms with Crippen LogP contribution in [0.1, 0.15) is 32.1 Å². The molecular weight excluding hydrogens is 272 g/mol. The molecule has 0 radical (unpaired) electrons. The fourth-order valence-electron chi connectivity index (χ4n) is 3.08. The molecule has 1 aliphatic carbocycles. The van der Waals surface area contributed by atoms with Crippen LogP contribution in [0.25, 0.3) is 0 Å². The molecule has 110 valence electrons. The number of benzene rings is 1. The lowest BCUT2D eigenvalue weighted by molar-refractivity contribution is -0.384. The maximum Gasteiger partial charge on any atom is 0.419 e. The first-order chi connectivity index (χ1) is 10.0. The Morgan fingerprint density at radius 2 is 1.81 bits per heavy atom. The predicted octanol–water partition coefficient (Wildman–Crippen LogP) is 3.77. The highest BCUT2D eigenvalue weighted by atomic mass is 16.6. The van der Waals surface area contributed by atoms with Gasteiger partial charge in [0.15, 0.2) is 5.60 Å². The molecular formula is C15H16N2O4. The molecule has 0 bridgehead atoms.